The van der Waals surface area contributed by atoms with Gasteiger partial charge in [-0.05, 0) is 24.5 Å². The van der Waals surface area contributed by atoms with Gasteiger partial charge in [-0.3, -0.25) is 0 Å². The summed E-state index contributed by atoms with van der Waals surface area (Å²) in [6.45, 7) is 5.98. The second-order valence-corrected chi connectivity index (χ2v) is 4.70. The first-order valence-electron chi connectivity index (χ1n) is 7.50. The molecule has 0 aliphatic heterocycles. The minimum atomic E-state index is -0.117. The van der Waals surface area contributed by atoms with Gasteiger partial charge in [-0.15, -0.1) is 0 Å². The van der Waals surface area contributed by atoms with Crippen LogP contribution in [0.1, 0.15) is 38.7 Å². The summed E-state index contributed by atoms with van der Waals surface area (Å²) in [4.78, 5) is 11.5. The molecule has 0 aliphatic rings. The number of carbonyl (C=O) groups excluding carboxylic acids is 1. The molecule has 1 aromatic rings. The van der Waals surface area contributed by atoms with Crippen molar-refractivity contribution >= 4 is 6.03 Å². The fourth-order valence-electron chi connectivity index (χ4n) is 1.90. The van der Waals surface area contributed by atoms with E-state index < -0.39 is 0 Å². The highest BCUT2D eigenvalue weighted by Crippen LogP contribution is 2.17. The highest BCUT2D eigenvalue weighted by atomic mass is 16.5. The average Bonchev–Trinajstić information content (AvgIpc) is 2.48. The van der Waals surface area contributed by atoms with Crippen molar-refractivity contribution in [2.45, 2.75) is 39.5 Å². The van der Waals surface area contributed by atoms with Crippen LogP contribution in [-0.4, -0.2) is 25.7 Å². The van der Waals surface area contributed by atoms with Gasteiger partial charge >= 0.3 is 6.03 Å². The van der Waals surface area contributed by atoms with Crippen molar-refractivity contribution in [1.82, 2.24) is 10.6 Å². The number of urea groups is 1. The fraction of sp³-hybridized carbons (Fsp3) is 0.562. The van der Waals surface area contributed by atoms with Crippen LogP contribution in [0, 0.1) is 0 Å². The molecular formula is C16H26N2O2. The number of rotatable bonds is 9. The van der Waals surface area contributed by atoms with Crippen LogP contribution in [-0.2, 0) is 6.42 Å². The van der Waals surface area contributed by atoms with Gasteiger partial charge in [0.25, 0.3) is 0 Å². The van der Waals surface area contributed by atoms with E-state index in [2.05, 4.69) is 30.5 Å². The molecule has 4 heteroatoms. The molecule has 0 fully saturated rings. The van der Waals surface area contributed by atoms with Crippen molar-refractivity contribution in [1.29, 1.82) is 0 Å². The maximum atomic E-state index is 11.5. The summed E-state index contributed by atoms with van der Waals surface area (Å²) in [6.07, 6.45) is 4.29. The summed E-state index contributed by atoms with van der Waals surface area (Å²) in [5, 5.41) is 5.63. The number of hydrogen-bond acceptors (Lipinski definition) is 2. The van der Waals surface area contributed by atoms with Crippen LogP contribution in [0.3, 0.4) is 0 Å². The maximum Gasteiger partial charge on any atom is 0.314 e. The van der Waals surface area contributed by atoms with E-state index in [9.17, 15) is 4.79 Å². The van der Waals surface area contributed by atoms with Crippen molar-refractivity contribution in [3.05, 3.63) is 29.8 Å². The third-order valence-electron chi connectivity index (χ3n) is 3.06. The first kappa shape index (κ1) is 16.3. The first-order chi connectivity index (χ1) is 9.77. The van der Waals surface area contributed by atoms with Gasteiger partial charge in [-0.1, -0.05) is 44.9 Å². The molecule has 0 radical (unpaired) electrons. The molecule has 0 bridgehead atoms. The number of unbranched alkanes of at least 4 members (excludes halogenated alkanes) is 2. The van der Waals surface area contributed by atoms with Crippen LogP contribution in [0.2, 0.25) is 0 Å². The number of benzene rings is 1. The van der Waals surface area contributed by atoms with E-state index in [1.165, 1.54) is 5.56 Å². The lowest BCUT2D eigenvalue weighted by Crippen LogP contribution is -2.38. The van der Waals surface area contributed by atoms with Gasteiger partial charge in [-0.25, -0.2) is 4.79 Å². The van der Waals surface area contributed by atoms with E-state index in [0.29, 0.717) is 13.2 Å². The van der Waals surface area contributed by atoms with Crippen molar-refractivity contribution < 1.29 is 9.53 Å². The van der Waals surface area contributed by atoms with Crippen molar-refractivity contribution in [3.63, 3.8) is 0 Å². The third-order valence-corrected chi connectivity index (χ3v) is 3.06. The quantitative estimate of drug-likeness (QED) is 0.682. The second kappa shape index (κ2) is 10.1. The molecule has 0 heterocycles. The Kier molecular flexibility index (Phi) is 8.27. The number of amides is 2. The summed E-state index contributed by atoms with van der Waals surface area (Å²) in [7, 11) is 0. The zero-order valence-electron chi connectivity index (χ0n) is 12.6. The molecule has 2 N–H and O–H groups in total. The fourth-order valence-corrected chi connectivity index (χ4v) is 1.90. The van der Waals surface area contributed by atoms with Crippen molar-refractivity contribution in [2.24, 2.45) is 0 Å². The van der Waals surface area contributed by atoms with E-state index in [4.69, 9.17) is 4.74 Å². The van der Waals surface area contributed by atoms with E-state index in [-0.39, 0.29) is 6.03 Å². The predicted octanol–water partition coefficient (Wildman–Crippen LogP) is 3.12. The molecule has 0 saturated carbocycles. The smallest absolute Gasteiger partial charge is 0.314 e. The van der Waals surface area contributed by atoms with Crippen molar-refractivity contribution in [2.75, 3.05) is 19.7 Å². The molecular weight excluding hydrogens is 252 g/mol. The Morgan fingerprint density at radius 1 is 1.10 bits per heavy atom. The lowest BCUT2D eigenvalue weighted by molar-refractivity contribution is 0.236. The largest absolute Gasteiger partial charge is 0.491 e. The zero-order valence-corrected chi connectivity index (χ0v) is 12.6. The Morgan fingerprint density at radius 3 is 2.60 bits per heavy atom. The monoisotopic (exact) mass is 278 g/mol. The third kappa shape index (κ3) is 6.45. The van der Waals surface area contributed by atoms with Crippen LogP contribution in [0.5, 0.6) is 5.75 Å². The molecule has 0 aliphatic carbocycles. The van der Waals surface area contributed by atoms with Gasteiger partial charge in [0.15, 0.2) is 0 Å². The van der Waals surface area contributed by atoms with E-state index in [1.807, 2.05) is 18.2 Å². The summed E-state index contributed by atoms with van der Waals surface area (Å²) in [5.74, 6) is 0.903. The van der Waals surface area contributed by atoms with Gasteiger partial charge in [0, 0.05) is 6.54 Å². The maximum absolute atomic E-state index is 11.5. The number of hydrogen-bond donors (Lipinski definition) is 2. The molecule has 20 heavy (non-hydrogen) atoms. The molecule has 1 rings (SSSR count). The van der Waals surface area contributed by atoms with Crippen LogP contribution in [0.15, 0.2) is 24.3 Å². The molecule has 4 nitrogen and oxygen atoms in total. The molecule has 2 amide bonds. The van der Waals surface area contributed by atoms with Gasteiger partial charge in [0.2, 0.25) is 0 Å². The molecule has 0 saturated heterocycles. The number of nitrogens with one attached hydrogen (secondary N) is 2. The summed E-state index contributed by atoms with van der Waals surface area (Å²) in [5.41, 5.74) is 1.19. The standard InChI is InChI=1S/C16H26N2O2/c1-3-5-8-11-17-16(19)18-12-13-20-15-10-7-6-9-14(15)4-2/h6-7,9-10H,3-5,8,11-13H2,1-2H3,(H2,17,18,19). The van der Waals surface area contributed by atoms with Crippen LogP contribution in [0.25, 0.3) is 0 Å². The summed E-state index contributed by atoms with van der Waals surface area (Å²) < 4.78 is 5.68. The van der Waals surface area contributed by atoms with E-state index in [1.54, 1.807) is 0 Å². The van der Waals surface area contributed by atoms with E-state index in [0.717, 1.165) is 38.0 Å². The van der Waals surface area contributed by atoms with Gasteiger partial charge in [-0.2, -0.15) is 0 Å². The minimum absolute atomic E-state index is 0.117. The number of carbonyl (C=O) groups is 1. The Hall–Kier alpha value is -1.71. The first-order valence-corrected chi connectivity index (χ1v) is 7.50. The number of para-hydroxylation sites is 1. The Morgan fingerprint density at radius 2 is 1.85 bits per heavy atom. The molecule has 0 aromatic heterocycles. The van der Waals surface area contributed by atoms with Gasteiger partial charge in [0.1, 0.15) is 12.4 Å². The molecule has 112 valence electrons. The SMILES string of the molecule is CCCCCNC(=O)NCCOc1ccccc1CC. The minimum Gasteiger partial charge on any atom is -0.491 e. The van der Waals surface area contributed by atoms with Gasteiger partial charge in [0.05, 0.1) is 6.54 Å². The topological polar surface area (TPSA) is 50.4 Å². The van der Waals surface area contributed by atoms with E-state index >= 15 is 0 Å². The number of aryl methyl sites for hydroxylation is 1. The van der Waals surface area contributed by atoms with Gasteiger partial charge < -0.3 is 15.4 Å². The summed E-state index contributed by atoms with van der Waals surface area (Å²) >= 11 is 0. The Bertz CT molecular complexity index is 394. The molecule has 0 unspecified atom stereocenters. The normalized spacial score (nSPS) is 10.1. The van der Waals surface area contributed by atoms with Crippen LogP contribution >= 0.6 is 0 Å². The lowest BCUT2D eigenvalue weighted by Gasteiger charge is -2.11. The van der Waals surface area contributed by atoms with Crippen molar-refractivity contribution in [3.8, 4) is 5.75 Å². The highest BCUT2D eigenvalue weighted by molar-refractivity contribution is 5.73. The predicted molar refractivity (Wildman–Crippen MR) is 82.2 cm³/mol. The lowest BCUT2D eigenvalue weighted by atomic mass is 10.1. The number of ether oxygens (including phenoxy) is 1. The Balaban J connectivity index is 2.13. The summed E-state index contributed by atoms with van der Waals surface area (Å²) in [6, 6.07) is 7.87. The molecule has 1 aromatic carbocycles. The zero-order chi connectivity index (χ0) is 14.6. The second-order valence-electron chi connectivity index (χ2n) is 4.70. The Labute approximate surface area is 121 Å². The molecule has 0 atom stereocenters. The highest BCUT2D eigenvalue weighted by Gasteiger charge is 2.01. The average molecular weight is 278 g/mol. The van der Waals surface area contributed by atoms with Crippen LogP contribution < -0.4 is 15.4 Å². The molecule has 0 spiro atoms. The van der Waals surface area contributed by atoms with Crippen LogP contribution in [0.4, 0.5) is 4.79 Å².